The van der Waals surface area contributed by atoms with E-state index in [0.717, 1.165) is 16.8 Å². The number of halogens is 1. The van der Waals surface area contributed by atoms with Gasteiger partial charge in [0.1, 0.15) is 0 Å². The molecule has 0 aliphatic heterocycles. The van der Waals surface area contributed by atoms with Crippen LogP contribution in [0.4, 0.5) is 0 Å². The largest absolute Gasteiger partial charge is 0.390 e. The second-order valence-electron chi connectivity index (χ2n) is 4.31. The van der Waals surface area contributed by atoms with Crippen molar-refractivity contribution in [3.05, 3.63) is 65.7 Å². The summed E-state index contributed by atoms with van der Waals surface area (Å²) >= 11 is 5.99. The van der Waals surface area contributed by atoms with Crippen molar-refractivity contribution >= 4 is 11.6 Å². The van der Waals surface area contributed by atoms with Crippen LogP contribution in [0, 0.1) is 0 Å². The molecule has 0 atom stereocenters. The smallest absolute Gasteiger partial charge is 0.0961 e. The molecule has 4 nitrogen and oxygen atoms in total. The topological polar surface area (TPSA) is 50.9 Å². The molecule has 0 aliphatic rings. The van der Waals surface area contributed by atoms with Gasteiger partial charge in [0.05, 0.1) is 18.0 Å². The van der Waals surface area contributed by atoms with E-state index in [4.69, 9.17) is 11.6 Å². The van der Waals surface area contributed by atoms with Crippen LogP contribution in [0.1, 0.15) is 5.69 Å². The van der Waals surface area contributed by atoms with Crippen molar-refractivity contribution in [2.24, 2.45) is 0 Å². The van der Waals surface area contributed by atoms with Gasteiger partial charge in [-0.25, -0.2) is 4.68 Å². The quantitative estimate of drug-likeness (QED) is 0.804. The van der Waals surface area contributed by atoms with Gasteiger partial charge in [-0.15, -0.1) is 0 Å². The highest BCUT2D eigenvalue weighted by Gasteiger charge is 2.11. The molecule has 20 heavy (non-hydrogen) atoms. The van der Waals surface area contributed by atoms with Crippen LogP contribution in [-0.4, -0.2) is 19.9 Å². The highest BCUT2D eigenvalue weighted by molar-refractivity contribution is 6.30. The van der Waals surface area contributed by atoms with Crippen LogP contribution in [0.3, 0.4) is 0 Å². The molecule has 0 saturated heterocycles. The van der Waals surface area contributed by atoms with Gasteiger partial charge in [-0.05, 0) is 35.9 Å². The Hall–Kier alpha value is -2.17. The molecule has 100 valence electrons. The minimum atomic E-state index is -0.120. The Labute approximate surface area is 121 Å². The van der Waals surface area contributed by atoms with Crippen LogP contribution in [0.25, 0.3) is 16.8 Å². The van der Waals surface area contributed by atoms with E-state index in [-0.39, 0.29) is 6.61 Å². The number of hydrogen-bond donors (Lipinski definition) is 1. The average molecular weight is 286 g/mol. The standard InChI is InChI=1S/C15H12ClN3O/c16-12-2-1-3-13(8-12)19-9-14(15(10-20)18-19)11-4-6-17-7-5-11/h1-9,20H,10H2. The van der Waals surface area contributed by atoms with Crippen LogP contribution in [0.15, 0.2) is 55.0 Å². The van der Waals surface area contributed by atoms with Crippen LogP contribution in [0.2, 0.25) is 5.02 Å². The Kier molecular flexibility index (Phi) is 3.50. The van der Waals surface area contributed by atoms with Crippen molar-refractivity contribution in [3.63, 3.8) is 0 Å². The lowest BCUT2D eigenvalue weighted by Gasteiger charge is -2.00. The highest BCUT2D eigenvalue weighted by atomic mass is 35.5. The molecular weight excluding hydrogens is 274 g/mol. The summed E-state index contributed by atoms with van der Waals surface area (Å²) in [6, 6.07) is 11.2. The first kappa shape index (κ1) is 12.8. The van der Waals surface area contributed by atoms with E-state index < -0.39 is 0 Å². The van der Waals surface area contributed by atoms with Crippen molar-refractivity contribution in [2.45, 2.75) is 6.61 Å². The molecule has 0 amide bonds. The monoisotopic (exact) mass is 285 g/mol. The van der Waals surface area contributed by atoms with E-state index >= 15 is 0 Å². The Morgan fingerprint density at radius 1 is 1.15 bits per heavy atom. The zero-order valence-electron chi connectivity index (χ0n) is 10.6. The summed E-state index contributed by atoms with van der Waals surface area (Å²) < 4.78 is 1.72. The molecule has 0 saturated carbocycles. The second kappa shape index (κ2) is 5.45. The highest BCUT2D eigenvalue weighted by Crippen LogP contribution is 2.24. The van der Waals surface area contributed by atoms with E-state index in [1.807, 2.05) is 42.6 Å². The lowest BCUT2D eigenvalue weighted by molar-refractivity contribution is 0.276. The summed E-state index contributed by atoms with van der Waals surface area (Å²) in [4.78, 5) is 4.00. The van der Waals surface area contributed by atoms with Gasteiger partial charge < -0.3 is 5.11 Å². The molecule has 1 N–H and O–H groups in total. The zero-order valence-corrected chi connectivity index (χ0v) is 11.3. The molecule has 0 spiro atoms. The van der Waals surface area contributed by atoms with E-state index in [9.17, 15) is 5.11 Å². The number of hydrogen-bond acceptors (Lipinski definition) is 3. The lowest BCUT2D eigenvalue weighted by atomic mass is 10.1. The molecule has 3 rings (SSSR count). The van der Waals surface area contributed by atoms with Gasteiger partial charge >= 0.3 is 0 Å². The third kappa shape index (κ3) is 2.43. The van der Waals surface area contributed by atoms with Gasteiger partial charge in [0.15, 0.2) is 0 Å². The predicted octanol–water partition coefficient (Wildman–Crippen LogP) is 3.08. The van der Waals surface area contributed by atoms with Gasteiger partial charge in [-0.3, -0.25) is 4.98 Å². The fourth-order valence-electron chi connectivity index (χ4n) is 2.05. The molecule has 2 aromatic heterocycles. The summed E-state index contributed by atoms with van der Waals surface area (Å²) in [6.45, 7) is -0.120. The van der Waals surface area contributed by atoms with Crippen LogP contribution < -0.4 is 0 Å². The van der Waals surface area contributed by atoms with Crippen molar-refractivity contribution in [1.29, 1.82) is 0 Å². The molecule has 2 heterocycles. The Bertz CT molecular complexity index is 725. The first-order valence-electron chi connectivity index (χ1n) is 6.13. The second-order valence-corrected chi connectivity index (χ2v) is 4.74. The maximum atomic E-state index is 9.48. The van der Waals surface area contributed by atoms with Crippen molar-refractivity contribution in [2.75, 3.05) is 0 Å². The fraction of sp³-hybridized carbons (Fsp3) is 0.0667. The minimum absolute atomic E-state index is 0.120. The van der Waals surface area contributed by atoms with Gasteiger partial charge in [0.2, 0.25) is 0 Å². The molecule has 0 aliphatic carbocycles. The molecule has 5 heteroatoms. The van der Waals surface area contributed by atoms with Gasteiger partial charge in [0, 0.05) is 29.2 Å². The number of benzene rings is 1. The summed E-state index contributed by atoms with van der Waals surface area (Å²) in [7, 11) is 0. The molecule has 1 aromatic carbocycles. The van der Waals surface area contributed by atoms with E-state index in [0.29, 0.717) is 10.7 Å². The molecule has 3 aromatic rings. The maximum Gasteiger partial charge on any atom is 0.0961 e. The van der Waals surface area contributed by atoms with E-state index in [1.165, 1.54) is 0 Å². The molecular formula is C15H12ClN3O. The third-order valence-corrected chi connectivity index (χ3v) is 3.24. The number of aliphatic hydroxyl groups excluding tert-OH is 1. The van der Waals surface area contributed by atoms with E-state index in [1.54, 1.807) is 17.1 Å². The van der Waals surface area contributed by atoms with Crippen molar-refractivity contribution in [1.82, 2.24) is 14.8 Å². The molecule has 0 fully saturated rings. The molecule has 0 radical (unpaired) electrons. The Balaban J connectivity index is 2.10. The van der Waals surface area contributed by atoms with Crippen LogP contribution in [0.5, 0.6) is 0 Å². The van der Waals surface area contributed by atoms with Gasteiger partial charge in [-0.1, -0.05) is 17.7 Å². The fourth-order valence-corrected chi connectivity index (χ4v) is 2.23. The van der Waals surface area contributed by atoms with Crippen LogP contribution in [-0.2, 0) is 6.61 Å². The minimum Gasteiger partial charge on any atom is -0.390 e. The molecule has 0 unspecified atom stereocenters. The Morgan fingerprint density at radius 3 is 2.65 bits per heavy atom. The number of nitrogens with zero attached hydrogens (tertiary/aromatic N) is 3. The van der Waals surface area contributed by atoms with Crippen molar-refractivity contribution in [3.8, 4) is 16.8 Å². The number of pyridine rings is 1. The van der Waals surface area contributed by atoms with Crippen LogP contribution >= 0.6 is 11.6 Å². The number of aliphatic hydroxyl groups is 1. The first-order valence-corrected chi connectivity index (χ1v) is 6.51. The predicted molar refractivity (Wildman–Crippen MR) is 77.7 cm³/mol. The summed E-state index contributed by atoms with van der Waals surface area (Å²) in [5.41, 5.74) is 3.33. The SMILES string of the molecule is OCc1nn(-c2cccc(Cl)c2)cc1-c1ccncc1. The zero-order chi connectivity index (χ0) is 13.9. The summed E-state index contributed by atoms with van der Waals surface area (Å²) in [5.74, 6) is 0. The molecule has 0 bridgehead atoms. The first-order chi connectivity index (χ1) is 9.78. The third-order valence-electron chi connectivity index (χ3n) is 3.00. The number of aromatic nitrogens is 3. The maximum absolute atomic E-state index is 9.48. The van der Waals surface area contributed by atoms with Crippen molar-refractivity contribution < 1.29 is 5.11 Å². The summed E-state index contributed by atoms with van der Waals surface area (Å²) in [6.07, 6.45) is 5.31. The van der Waals surface area contributed by atoms with Gasteiger partial charge in [0.25, 0.3) is 0 Å². The van der Waals surface area contributed by atoms with E-state index in [2.05, 4.69) is 10.1 Å². The lowest BCUT2D eigenvalue weighted by Crippen LogP contribution is -1.95. The normalized spacial score (nSPS) is 10.7. The summed E-state index contributed by atoms with van der Waals surface area (Å²) in [5, 5.41) is 14.5. The number of rotatable bonds is 3. The average Bonchev–Trinajstić information content (AvgIpc) is 2.92. The van der Waals surface area contributed by atoms with Gasteiger partial charge in [-0.2, -0.15) is 5.10 Å². The Morgan fingerprint density at radius 2 is 1.95 bits per heavy atom.